The van der Waals surface area contributed by atoms with Crippen molar-refractivity contribution in [1.82, 2.24) is 19.9 Å². The second-order valence-corrected chi connectivity index (χ2v) is 9.75. The van der Waals surface area contributed by atoms with E-state index in [1.54, 1.807) is 0 Å². The molecule has 0 saturated carbocycles. The van der Waals surface area contributed by atoms with Crippen molar-refractivity contribution in [3.63, 3.8) is 0 Å². The fourth-order valence-corrected chi connectivity index (χ4v) is 4.66. The van der Waals surface area contributed by atoms with Gasteiger partial charge in [-0.2, -0.15) is 0 Å². The topological polar surface area (TPSA) is 116 Å². The van der Waals surface area contributed by atoms with Gasteiger partial charge in [0.25, 0.3) is 0 Å². The van der Waals surface area contributed by atoms with Crippen LogP contribution in [-0.2, 0) is 9.47 Å². The lowest BCUT2D eigenvalue weighted by Crippen LogP contribution is -2.09. The van der Waals surface area contributed by atoms with Gasteiger partial charge in [0.1, 0.15) is 0 Å². The van der Waals surface area contributed by atoms with Crippen LogP contribution in [0.1, 0.15) is 0 Å². The Hall–Kier alpha value is -4.86. The summed E-state index contributed by atoms with van der Waals surface area (Å²) in [7, 11) is 0. The third-order valence-electron chi connectivity index (χ3n) is 6.69. The molecule has 6 aromatic rings. The lowest BCUT2D eigenvalue weighted by Gasteiger charge is -2.02. The van der Waals surface area contributed by atoms with Gasteiger partial charge >= 0.3 is 0 Å². The molecule has 8 nitrogen and oxygen atoms in total. The van der Waals surface area contributed by atoms with Crippen LogP contribution in [0.5, 0.6) is 0 Å². The van der Waals surface area contributed by atoms with Crippen molar-refractivity contribution < 1.29 is 19.7 Å². The van der Waals surface area contributed by atoms with E-state index in [0.717, 1.165) is 45.0 Å². The van der Waals surface area contributed by atoms with Crippen LogP contribution in [0.25, 0.3) is 56.7 Å². The van der Waals surface area contributed by atoms with Crippen molar-refractivity contribution in [2.45, 2.75) is 0 Å². The Kier molecular flexibility index (Phi) is 11.2. The molecule has 2 heterocycles. The minimum atomic E-state index is 0.0417. The zero-order valence-electron chi connectivity index (χ0n) is 24.4. The highest BCUT2D eigenvalue weighted by Crippen LogP contribution is 2.35. The van der Waals surface area contributed by atoms with Gasteiger partial charge in [-0.15, -0.1) is 0 Å². The van der Waals surface area contributed by atoms with E-state index in [1.807, 2.05) is 72.8 Å². The van der Waals surface area contributed by atoms with Gasteiger partial charge in [0, 0.05) is 22.3 Å². The number of aliphatic hydroxyl groups excluding tert-OH is 2. The maximum Gasteiger partial charge on any atom is 0.174 e. The fraction of sp³-hybridized carbons (Fsp3) is 0.167. The first kappa shape index (κ1) is 30.6. The predicted molar refractivity (Wildman–Crippen MR) is 174 cm³/mol. The zero-order chi connectivity index (χ0) is 30.4. The highest BCUT2D eigenvalue weighted by atomic mass is 16.5. The predicted octanol–water partition coefficient (Wildman–Crippen LogP) is 6.47. The van der Waals surface area contributed by atoms with E-state index < -0.39 is 0 Å². The quantitative estimate of drug-likeness (QED) is 0.122. The SMILES string of the molecule is OCCOCCOCCO.c1ccc(-c2nc(-c3nc(-c4ccccc4)c(-c4ccccc4)[nH]3)[nH]c2-c2ccccc2)cc1. The number of nitrogens with zero attached hydrogens (tertiary/aromatic N) is 2. The maximum absolute atomic E-state index is 8.26. The first-order chi connectivity index (χ1) is 21.8. The second-order valence-electron chi connectivity index (χ2n) is 9.75. The monoisotopic (exact) mass is 588 g/mol. The van der Waals surface area contributed by atoms with Crippen LogP contribution in [-0.4, -0.2) is 69.8 Å². The summed E-state index contributed by atoms with van der Waals surface area (Å²) >= 11 is 0. The molecule has 0 radical (unpaired) electrons. The van der Waals surface area contributed by atoms with Crippen molar-refractivity contribution in [2.75, 3.05) is 39.6 Å². The van der Waals surface area contributed by atoms with Crippen LogP contribution in [0, 0.1) is 0 Å². The molecule has 4 aromatic carbocycles. The summed E-state index contributed by atoms with van der Waals surface area (Å²) in [6.07, 6.45) is 0. The summed E-state index contributed by atoms with van der Waals surface area (Å²) < 4.78 is 9.75. The smallest absolute Gasteiger partial charge is 0.174 e. The van der Waals surface area contributed by atoms with E-state index in [-0.39, 0.29) is 13.2 Å². The van der Waals surface area contributed by atoms with Crippen LogP contribution >= 0.6 is 0 Å². The van der Waals surface area contributed by atoms with Crippen molar-refractivity contribution in [2.24, 2.45) is 0 Å². The van der Waals surface area contributed by atoms with Crippen molar-refractivity contribution in [3.8, 4) is 56.7 Å². The Balaban J connectivity index is 0.000000333. The average molecular weight is 589 g/mol. The number of hydrogen-bond donors (Lipinski definition) is 4. The van der Waals surface area contributed by atoms with E-state index in [2.05, 4.69) is 58.5 Å². The molecule has 224 valence electrons. The molecule has 44 heavy (non-hydrogen) atoms. The fourth-order valence-electron chi connectivity index (χ4n) is 4.66. The van der Waals surface area contributed by atoms with Crippen LogP contribution in [0.4, 0.5) is 0 Å². The Morgan fingerprint density at radius 3 is 1.07 bits per heavy atom. The molecule has 0 fully saturated rings. The number of aromatic amines is 2. The minimum absolute atomic E-state index is 0.0417. The van der Waals surface area contributed by atoms with Gasteiger partial charge in [0.15, 0.2) is 11.6 Å². The summed E-state index contributed by atoms with van der Waals surface area (Å²) in [5, 5.41) is 16.5. The highest BCUT2D eigenvalue weighted by molar-refractivity contribution is 5.83. The lowest BCUT2D eigenvalue weighted by atomic mass is 10.1. The van der Waals surface area contributed by atoms with Crippen molar-refractivity contribution >= 4 is 0 Å². The zero-order valence-corrected chi connectivity index (χ0v) is 24.4. The summed E-state index contributed by atoms with van der Waals surface area (Å²) in [5.74, 6) is 1.41. The van der Waals surface area contributed by atoms with Gasteiger partial charge in [-0.3, -0.25) is 0 Å². The van der Waals surface area contributed by atoms with E-state index in [0.29, 0.717) is 38.1 Å². The Labute approximate surface area is 257 Å². The van der Waals surface area contributed by atoms with Gasteiger partial charge in [-0.1, -0.05) is 121 Å². The molecule has 0 amide bonds. The van der Waals surface area contributed by atoms with E-state index in [9.17, 15) is 0 Å². The molecule has 0 aliphatic heterocycles. The largest absolute Gasteiger partial charge is 0.394 e. The molecule has 6 rings (SSSR count). The summed E-state index contributed by atoms with van der Waals surface area (Å²) in [6.45, 7) is 1.73. The number of H-pyrrole nitrogens is 2. The molecule has 0 bridgehead atoms. The molecule has 8 heteroatoms. The number of nitrogens with one attached hydrogen (secondary N) is 2. The van der Waals surface area contributed by atoms with Gasteiger partial charge in [-0.25, -0.2) is 9.97 Å². The van der Waals surface area contributed by atoms with Crippen LogP contribution in [0.2, 0.25) is 0 Å². The molecule has 4 N–H and O–H groups in total. The number of imidazole rings is 2. The van der Waals surface area contributed by atoms with Crippen LogP contribution in [0.15, 0.2) is 121 Å². The van der Waals surface area contributed by atoms with Crippen molar-refractivity contribution in [3.05, 3.63) is 121 Å². The number of aromatic nitrogens is 4. The summed E-state index contributed by atoms with van der Waals surface area (Å²) in [5.41, 5.74) is 8.03. The van der Waals surface area contributed by atoms with Gasteiger partial charge < -0.3 is 29.7 Å². The van der Waals surface area contributed by atoms with Gasteiger partial charge in [0.2, 0.25) is 0 Å². The van der Waals surface area contributed by atoms with E-state index >= 15 is 0 Å². The molecule has 0 atom stereocenters. The van der Waals surface area contributed by atoms with E-state index in [4.69, 9.17) is 29.7 Å². The molecule has 0 aliphatic rings. The Morgan fingerprint density at radius 2 is 0.750 bits per heavy atom. The molecule has 2 aromatic heterocycles. The first-order valence-electron chi connectivity index (χ1n) is 14.6. The number of rotatable bonds is 12. The maximum atomic E-state index is 8.26. The summed E-state index contributed by atoms with van der Waals surface area (Å²) in [6, 6.07) is 41.1. The second kappa shape index (κ2) is 16.1. The number of ether oxygens (including phenoxy) is 2. The molecule has 0 saturated heterocycles. The Morgan fingerprint density at radius 1 is 0.432 bits per heavy atom. The standard InChI is InChI=1S/C30H22N4.C6H14O4/c1-5-13-21(14-6-1)25-26(22-15-7-2-8-16-22)32-29(31-25)30-33-27(23-17-9-3-10-18-23)28(34-30)24-19-11-4-12-20-24;7-1-3-9-5-6-10-4-2-8/h1-20H,(H,31,32)(H,33,34);7-8H,1-6H2. The number of aliphatic hydroxyl groups is 2. The van der Waals surface area contributed by atoms with E-state index in [1.165, 1.54) is 0 Å². The normalized spacial score (nSPS) is 10.8. The molecule has 0 unspecified atom stereocenters. The highest BCUT2D eigenvalue weighted by Gasteiger charge is 2.20. The average Bonchev–Trinajstić information content (AvgIpc) is 3.74. The minimum Gasteiger partial charge on any atom is -0.394 e. The van der Waals surface area contributed by atoms with Crippen LogP contribution < -0.4 is 0 Å². The summed E-state index contributed by atoms with van der Waals surface area (Å²) in [4.78, 5) is 17.1. The third kappa shape index (κ3) is 7.94. The van der Waals surface area contributed by atoms with Crippen LogP contribution in [0.3, 0.4) is 0 Å². The number of benzene rings is 4. The lowest BCUT2D eigenvalue weighted by molar-refractivity contribution is 0.0222. The Bertz CT molecular complexity index is 1430. The molecule has 0 spiro atoms. The van der Waals surface area contributed by atoms with Gasteiger partial charge in [0.05, 0.1) is 62.4 Å². The number of hydrogen-bond acceptors (Lipinski definition) is 6. The molecule has 0 aliphatic carbocycles. The first-order valence-corrected chi connectivity index (χ1v) is 14.6. The molecular weight excluding hydrogens is 552 g/mol. The van der Waals surface area contributed by atoms with Crippen molar-refractivity contribution in [1.29, 1.82) is 0 Å². The third-order valence-corrected chi connectivity index (χ3v) is 6.69. The molecular formula is C36H36N4O4. The van der Waals surface area contributed by atoms with Gasteiger partial charge in [-0.05, 0) is 0 Å².